The van der Waals surface area contributed by atoms with Gasteiger partial charge in [-0.2, -0.15) is 10.2 Å². The van der Waals surface area contributed by atoms with Gasteiger partial charge in [-0.05, 0) is 6.92 Å². The molecule has 0 radical (unpaired) electrons. The fourth-order valence-corrected chi connectivity index (χ4v) is 2.21. The molecule has 0 spiro atoms. The molecule has 0 aliphatic rings. The zero-order valence-corrected chi connectivity index (χ0v) is 12.0. The van der Waals surface area contributed by atoms with Gasteiger partial charge in [0.15, 0.2) is 0 Å². The number of hydrogen-bond acceptors (Lipinski definition) is 5. The zero-order chi connectivity index (χ0) is 13.8. The number of hydrogen-bond donors (Lipinski definition) is 1. The van der Waals surface area contributed by atoms with Gasteiger partial charge in [0, 0.05) is 39.8 Å². The molecule has 0 unspecified atom stereocenters. The van der Waals surface area contributed by atoms with Crippen LogP contribution in [0.3, 0.4) is 0 Å². The van der Waals surface area contributed by atoms with Gasteiger partial charge < -0.3 is 10.2 Å². The first-order valence-corrected chi connectivity index (χ1v) is 6.32. The maximum absolute atomic E-state index is 4.47. The van der Waals surface area contributed by atoms with Gasteiger partial charge in [0.2, 0.25) is 0 Å². The van der Waals surface area contributed by atoms with Crippen LogP contribution in [0.1, 0.15) is 11.3 Å². The number of anilines is 1. The predicted octanol–water partition coefficient (Wildman–Crippen LogP) is 0.176. The highest BCUT2D eigenvalue weighted by Gasteiger charge is 2.14. The Morgan fingerprint density at radius 3 is 2.79 bits per heavy atom. The molecule has 2 rings (SSSR count). The summed E-state index contributed by atoms with van der Waals surface area (Å²) in [5.74, 6) is 1.14. The van der Waals surface area contributed by atoms with Crippen LogP contribution in [0, 0.1) is 6.92 Å². The fraction of sp³-hybridized carbons (Fsp3) is 0.583. The lowest BCUT2D eigenvalue weighted by Gasteiger charge is -2.15. The van der Waals surface area contributed by atoms with Crippen LogP contribution in [0.5, 0.6) is 0 Å². The maximum atomic E-state index is 4.47. The summed E-state index contributed by atoms with van der Waals surface area (Å²) in [6.45, 7) is 4.52. The Morgan fingerprint density at radius 1 is 1.37 bits per heavy atom. The van der Waals surface area contributed by atoms with Crippen molar-refractivity contribution in [2.45, 2.75) is 20.0 Å². The summed E-state index contributed by atoms with van der Waals surface area (Å²) < 4.78 is 3.74. The Labute approximate surface area is 113 Å². The number of nitrogens with one attached hydrogen (secondary N) is 1. The van der Waals surface area contributed by atoms with Gasteiger partial charge >= 0.3 is 0 Å². The number of rotatable bonds is 6. The van der Waals surface area contributed by atoms with Crippen LogP contribution in [-0.2, 0) is 20.1 Å². The third kappa shape index (κ3) is 3.11. The van der Waals surface area contributed by atoms with Crippen LogP contribution in [0.15, 0.2) is 12.7 Å². The summed E-state index contributed by atoms with van der Waals surface area (Å²) in [7, 11) is 6.05. The van der Waals surface area contributed by atoms with E-state index in [9.17, 15) is 0 Å². The second-order valence-electron chi connectivity index (χ2n) is 4.74. The largest absolute Gasteiger partial charge is 0.363 e. The Kier molecular flexibility index (Phi) is 4.16. The van der Waals surface area contributed by atoms with Crippen LogP contribution in [0.2, 0.25) is 0 Å². The van der Waals surface area contributed by atoms with E-state index in [0.29, 0.717) is 0 Å². The highest BCUT2D eigenvalue weighted by Crippen LogP contribution is 2.20. The molecule has 2 aromatic rings. The van der Waals surface area contributed by atoms with E-state index in [-0.39, 0.29) is 0 Å². The first-order chi connectivity index (χ1) is 9.09. The topological polar surface area (TPSA) is 63.8 Å². The first kappa shape index (κ1) is 13.5. The summed E-state index contributed by atoms with van der Waals surface area (Å²) in [6.07, 6.45) is 3.28. The van der Waals surface area contributed by atoms with E-state index in [4.69, 9.17) is 0 Å². The molecule has 0 amide bonds. The van der Waals surface area contributed by atoms with Crippen LogP contribution in [0.4, 0.5) is 5.82 Å². The molecule has 1 N–H and O–H groups in total. The molecule has 0 saturated heterocycles. The van der Waals surface area contributed by atoms with E-state index in [1.165, 1.54) is 5.56 Å². The van der Waals surface area contributed by atoms with E-state index in [1.54, 1.807) is 12.7 Å². The summed E-state index contributed by atoms with van der Waals surface area (Å²) >= 11 is 0. The highest BCUT2D eigenvalue weighted by molar-refractivity contribution is 5.48. The lowest BCUT2D eigenvalue weighted by Crippen LogP contribution is -2.22. The summed E-state index contributed by atoms with van der Waals surface area (Å²) in [5, 5.41) is 12.0. The van der Waals surface area contributed by atoms with Crippen molar-refractivity contribution in [3.8, 4) is 0 Å². The quantitative estimate of drug-likeness (QED) is 0.753. The number of aromatic nitrogens is 5. The predicted molar refractivity (Wildman–Crippen MR) is 74.0 cm³/mol. The van der Waals surface area contributed by atoms with Crippen molar-refractivity contribution in [2.24, 2.45) is 7.05 Å². The summed E-state index contributed by atoms with van der Waals surface area (Å²) in [4.78, 5) is 6.01. The summed E-state index contributed by atoms with van der Waals surface area (Å²) in [5.41, 5.74) is 2.31. The second kappa shape index (κ2) is 5.83. The molecule has 0 aliphatic carbocycles. The Hall–Kier alpha value is -1.89. The standard InChI is InChI=1S/C12H21N7/c1-10-11(12(17(2)3)18(4)16-10)7-13-5-6-19-9-14-8-15-19/h8-9,13H,5-7H2,1-4H3. The molecule has 0 bridgehead atoms. The second-order valence-corrected chi connectivity index (χ2v) is 4.74. The maximum Gasteiger partial charge on any atom is 0.137 e. The van der Waals surface area contributed by atoms with E-state index < -0.39 is 0 Å². The lowest BCUT2D eigenvalue weighted by molar-refractivity contribution is 0.553. The number of aryl methyl sites for hydroxylation is 2. The fourth-order valence-electron chi connectivity index (χ4n) is 2.21. The molecule has 2 aromatic heterocycles. The molecule has 0 saturated carbocycles. The van der Waals surface area contributed by atoms with Crippen molar-refractivity contribution >= 4 is 5.82 Å². The van der Waals surface area contributed by atoms with E-state index >= 15 is 0 Å². The Bertz CT molecular complexity index is 512. The van der Waals surface area contributed by atoms with Crippen molar-refractivity contribution in [3.05, 3.63) is 23.9 Å². The normalized spacial score (nSPS) is 10.9. The van der Waals surface area contributed by atoms with Crippen LogP contribution >= 0.6 is 0 Å². The zero-order valence-electron chi connectivity index (χ0n) is 12.0. The first-order valence-electron chi connectivity index (χ1n) is 6.32. The van der Waals surface area contributed by atoms with Gasteiger partial charge in [-0.15, -0.1) is 0 Å². The molecular weight excluding hydrogens is 242 g/mol. The molecule has 0 atom stereocenters. The number of nitrogens with zero attached hydrogens (tertiary/aromatic N) is 6. The molecule has 0 fully saturated rings. The highest BCUT2D eigenvalue weighted by atomic mass is 15.4. The van der Waals surface area contributed by atoms with Gasteiger partial charge in [-0.3, -0.25) is 9.36 Å². The van der Waals surface area contributed by atoms with Gasteiger partial charge in [0.1, 0.15) is 18.5 Å². The van der Waals surface area contributed by atoms with Crippen molar-refractivity contribution < 1.29 is 0 Å². The van der Waals surface area contributed by atoms with Gasteiger partial charge in [0.05, 0.1) is 12.2 Å². The third-order valence-corrected chi connectivity index (χ3v) is 3.02. The van der Waals surface area contributed by atoms with Crippen LogP contribution in [-0.4, -0.2) is 45.2 Å². The monoisotopic (exact) mass is 263 g/mol. The molecule has 0 aliphatic heterocycles. The SMILES string of the molecule is Cc1nn(C)c(N(C)C)c1CNCCn1cncn1. The van der Waals surface area contributed by atoms with Crippen molar-refractivity contribution in [2.75, 3.05) is 25.5 Å². The minimum atomic E-state index is 0.807. The Morgan fingerprint density at radius 2 is 2.16 bits per heavy atom. The lowest BCUT2D eigenvalue weighted by atomic mass is 10.2. The third-order valence-electron chi connectivity index (χ3n) is 3.02. The average Bonchev–Trinajstić information content (AvgIpc) is 2.93. The molecule has 7 nitrogen and oxygen atoms in total. The molecule has 104 valence electrons. The van der Waals surface area contributed by atoms with Crippen LogP contribution < -0.4 is 10.2 Å². The molecule has 7 heteroatoms. The minimum absolute atomic E-state index is 0.807. The molecule has 0 aromatic carbocycles. The Balaban J connectivity index is 1.92. The van der Waals surface area contributed by atoms with Gasteiger partial charge in [-0.25, -0.2) is 4.98 Å². The molecular formula is C12H21N7. The van der Waals surface area contributed by atoms with Gasteiger partial charge in [-0.1, -0.05) is 0 Å². The minimum Gasteiger partial charge on any atom is -0.363 e. The van der Waals surface area contributed by atoms with Crippen molar-refractivity contribution in [3.63, 3.8) is 0 Å². The molecule has 2 heterocycles. The van der Waals surface area contributed by atoms with E-state index in [2.05, 4.69) is 25.4 Å². The summed E-state index contributed by atoms with van der Waals surface area (Å²) in [6, 6.07) is 0. The van der Waals surface area contributed by atoms with Gasteiger partial charge in [0.25, 0.3) is 0 Å². The molecule has 19 heavy (non-hydrogen) atoms. The van der Waals surface area contributed by atoms with E-state index in [0.717, 1.165) is 31.1 Å². The van der Waals surface area contributed by atoms with E-state index in [1.807, 2.05) is 37.4 Å². The van der Waals surface area contributed by atoms with Crippen molar-refractivity contribution in [1.82, 2.24) is 29.9 Å². The van der Waals surface area contributed by atoms with Crippen molar-refractivity contribution in [1.29, 1.82) is 0 Å². The van der Waals surface area contributed by atoms with Crippen LogP contribution in [0.25, 0.3) is 0 Å². The smallest absolute Gasteiger partial charge is 0.137 e. The average molecular weight is 263 g/mol.